The van der Waals surface area contributed by atoms with Crippen LogP contribution in [0.2, 0.25) is 0 Å². The van der Waals surface area contributed by atoms with Crippen molar-refractivity contribution in [2.45, 2.75) is 39.3 Å². The van der Waals surface area contributed by atoms with E-state index in [1.54, 1.807) is 0 Å². The number of likely N-dealkylation sites (tertiary alicyclic amines) is 1. The first-order valence-corrected chi connectivity index (χ1v) is 7.37. The Labute approximate surface area is 117 Å². The second-order valence-corrected chi connectivity index (χ2v) is 5.77. The van der Waals surface area contributed by atoms with Crippen LogP contribution in [0.15, 0.2) is 18.2 Å². The Bertz CT molecular complexity index is 408. The van der Waals surface area contributed by atoms with E-state index in [1.807, 2.05) is 0 Å². The third kappa shape index (κ3) is 3.71. The average Bonchev–Trinajstić information content (AvgIpc) is 2.43. The monoisotopic (exact) mass is 261 g/mol. The molecule has 1 aliphatic heterocycles. The van der Waals surface area contributed by atoms with Crippen molar-refractivity contribution in [3.63, 3.8) is 0 Å². The first kappa shape index (κ1) is 14.4. The van der Waals surface area contributed by atoms with Crippen LogP contribution in [0.1, 0.15) is 30.9 Å². The van der Waals surface area contributed by atoms with Gasteiger partial charge in [0.2, 0.25) is 0 Å². The summed E-state index contributed by atoms with van der Waals surface area (Å²) < 4.78 is 0. The molecule has 0 saturated carbocycles. The molecule has 1 heterocycles. The number of nitrogens with two attached hydrogens (primary N) is 1. The van der Waals surface area contributed by atoms with Gasteiger partial charge in [-0.15, -0.1) is 0 Å². The third-order valence-corrected chi connectivity index (χ3v) is 4.40. The number of benzene rings is 1. The molecule has 1 fully saturated rings. The van der Waals surface area contributed by atoms with E-state index in [1.165, 1.54) is 43.6 Å². The molecule has 2 N–H and O–H groups in total. The van der Waals surface area contributed by atoms with Crippen LogP contribution in [-0.2, 0) is 6.54 Å². The highest BCUT2D eigenvalue weighted by Gasteiger charge is 2.21. The maximum atomic E-state index is 5.99. The van der Waals surface area contributed by atoms with Gasteiger partial charge in [-0.1, -0.05) is 19.1 Å². The molecular weight excluding hydrogens is 234 g/mol. The summed E-state index contributed by atoms with van der Waals surface area (Å²) in [6, 6.07) is 7.15. The predicted octanol–water partition coefficient (Wildman–Crippen LogP) is 2.49. The zero-order valence-corrected chi connectivity index (χ0v) is 12.5. The highest BCUT2D eigenvalue weighted by Crippen LogP contribution is 2.19. The molecule has 1 saturated heterocycles. The van der Waals surface area contributed by atoms with Gasteiger partial charge >= 0.3 is 0 Å². The molecule has 106 valence electrons. The average molecular weight is 261 g/mol. The van der Waals surface area contributed by atoms with E-state index in [9.17, 15) is 0 Å². The van der Waals surface area contributed by atoms with Crippen molar-refractivity contribution in [1.82, 2.24) is 9.80 Å². The molecule has 0 aliphatic carbocycles. The Balaban J connectivity index is 1.90. The summed E-state index contributed by atoms with van der Waals surface area (Å²) in [5, 5.41) is 0. The van der Waals surface area contributed by atoms with Crippen LogP contribution in [0.5, 0.6) is 0 Å². The van der Waals surface area contributed by atoms with Crippen molar-refractivity contribution in [2.24, 2.45) is 0 Å². The summed E-state index contributed by atoms with van der Waals surface area (Å²) in [4.78, 5) is 5.02. The molecule has 1 aromatic rings. The van der Waals surface area contributed by atoms with E-state index in [0.717, 1.165) is 12.2 Å². The number of hydrogen-bond acceptors (Lipinski definition) is 3. The number of rotatable bonds is 4. The van der Waals surface area contributed by atoms with Crippen LogP contribution < -0.4 is 5.73 Å². The number of anilines is 1. The first-order chi connectivity index (χ1) is 9.10. The van der Waals surface area contributed by atoms with Crippen LogP contribution in [0.25, 0.3) is 0 Å². The van der Waals surface area contributed by atoms with Crippen molar-refractivity contribution in [3.05, 3.63) is 29.3 Å². The molecule has 0 aromatic heterocycles. The minimum atomic E-state index is 0.713. The van der Waals surface area contributed by atoms with Crippen LogP contribution in [0, 0.1) is 6.92 Å². The maximum Gasteiger partial charge on any atom is 0.0346 e. The summed E-state index contributed by atoms with van der Waals surface area (Å²) in [5.74, 6) is 0. The van der Waals surface area contributed by atoms with Gasteiger partial charge in [0.15, 0.2) is 0 Å². The van der Waals surface area contributed by atoms with Crippen molar-refractivity contribution < 1.29 is 0 Å². The van der Waals surface area contributed by atoms with E-state index in [-0.39, 0.29) is 0 Å². The van der Waals surface area contributed by atoms with E-state index in [4.69, 9.17) is 5.73 Å². The summed E-state index contributed by atoms with van der Waals surface area (Å²) in [6.07, 6.45) is 2.57. The van der Waals surface area contributed by atoms with Crippen molar-refractivity contribution in [3.8, 4) is 0 Å². The van der Waals surface area contributed by atoms with Gasteiger partial charge in [-0.05, 0) is 63.6 Å². The second kappa shape index (κ2) is 6.40. The molecule has 19 heavy (non-hydrogen) atoms. The Morgan fingerprint density at radius 2 is 2.00 bits per heavy atom. The second-order valence-electron chi connectivity index (χ2n) is 5.77. The molecule has 0 unspecified atom stereocenters. The third-order valence-electron chi connectivity index (χ3n) is 4.40. The molecule has 3 nitrogen and oxygen atoms in total. The molecule has 0 radical (unpaired) electrons. The van der Waals surface area contributed by atoms with E-state index >= 15 is 0 Å². The van der Waals surface area contributed by atoms with Gasteiger partial charge in [-0.2, -0.15) is 0 Å². The zero-order valence-electron chi connectivity index (χ0n) is 12.5. The largest absolute Gasteiger partial charge is 0.399 e. The van der Waals surface area contributed by atoms with Crippen LogP contribution in [0.4, 0.5) is 5.69 Å². The van der Waals surface area contributed by atoms with E-state index < -0.39 is 0 Å². The minimum absolute atomic E-state index is 0.713. The Morgan fingerprint density at radius 3 is 2.58 bits per heavy atom. The lowest BCUT2D eigenvalue weighted by Gasteiger charge is -2.36. The normalized spacial score (nSPS) is 18.1. The van der Waals surface area contributed by atoms with Gasteiger partial charge in [0.25, 0.3) is 0 Å². The number of nitrogen functional groups attached to an aromatic ring is 1. The van der Waals surface area contributed by atoms with Crippen molar-refractivity contribution in [2.75, 3.05) is 32.4 Å². The molecule has 0 spiro atoms. The Morgan fingerprint density at radius 1 is 1.32 bits per heavy atom. The topological polar surface area (TPSA) is 32.5 Å². The van der Waals surface area contributed by atoms with Gasteiger partial charge in [0.1, 0.15) is 0 Å². The molecule has 0 bridgehead atoms. The standard InChI is InChI=1S/C16H27N3/c1-4-19-9-7-15(8-10-19)18(3)12-14-6-5-13(2)16(17)11-14/h5-6,11,15H,4,7-10,12,17H2,1-3H3. The maximum absolute atomic E-state index is 5.99. The van der Waals surface area contributed by atoms with Gasteiger partial charge in [0.05, 0.1) is 0 Å². The fraction of sp³-hybridized carbons (Fsp3) is 0.625. The van der Waals surface area contributed by atoms with Crippen molar-refractivity contribution in [1.29, 1.82) is 0 Å². The summed E-state index contributed by atoms with van der Waals surface area (Å²) in [7, 11) is 2.24. The molecule has 0 atom stereocenters. The summed E-state index contributed by atoms with van der Waals surface area (Å²) in [6.45, 7) is 8.97. The van der Waals surface area contributed by atoms with E-state index in [2.05, 4.69) is 48.9 Å². The highest BCUT2D eigenvalue weighted by atomic mass is 15.2. The van der Waals surface area contributed by atoms with Gasteiger partial charge in [-0.25, -0.2) is 0 Å². The first-order valence-electron chi connectivity index (χ1n) is 7.37. The Kier molecular flexibility index (Phi) is 4.83. The summed E-state index contributed by atoms with van der Waals surface area (Å²) >= 11 is 0. The number of hydrogen-bond donors (Lipinski definition) is 1. The van der Waals surface area contributed by atoms with Gasteiger partial charge in [-0.3, -0.25) is 4.90 Å². The molecule has 0 amide bonds. The lowest BCUT2D eigenvalue weighted by Crippen LogP contribution is -2.42. The smallest absolute Gasteiger partial charge is 0.0346 e. The fourth-order valence-electron chi connectivity index (χ4n) is 2.88. The van der Waals surface area contributed by atoms with E-state index in [0.29, 0.717) is 6.04 Å². The highest BCUT2D eigenvalue weighted by molar-refractivity contribution is 5.48. The quantitative estimate of drug-likeness (QED) is 0.845. The SMILES string of the molecule is CCN1CCC(N(C)Cc2ccc(C)c(N)c2)CC1. The fourth-order valence-corrected chi connectivity index (χ4v) is 2.88. The van der Waals surface area contributed by atoms with Crippen molar-refractivity contribution >= 4 is 5.69 Å². The molecule has 2 rings (SSSR count). The lowest BCUT2D eigenvalue weighted by molar-refractivity contribution is 0.127. The van der Waals surface area contributed by atoms with Crippen LogP contribution in [0.3, 0.4) is 0 Å². The molecule has 1 aromatic carbocycles. The molecule has 3 heteroatoms. The zero-order chi connectivity index (χ0) is 13.8. The number of aryl methyl sites for hydroxylation is 1. The van der Waals surface area contributed by atoms with Gasteiger partial charge in [0, 0.05) is 18.3 Å². The number of piperidine rings is 1. The summed E-state index contributed by atoms with van der Waals surface area (Å²) in [5.41, 5.74) is 9.39. The molecular formula is C16H27N3. The predicted molar refractivity (Wildman–Crippen MR) is 82.2 cm³/mol. The molecule has 1 aliphatic rings. The number of nitrogens with zero attached hydrogens (tertiary/aromatic N) is 2. The lowest BCUT2D eigenvalue weighted by atomic mass is 10.0. The van der Waals surface area contributed by atoms with Crippen LogP contribution in [-0.4, -0.2) is 42.5 Å². The van der Waals surface area contributed by atoms with Crippen LogP contribution >= 0.6 is 0 Å². The van der Waals surface area contributed by atoms with Gasteiger partial charge < -0.3 is 10.6 Å². The minimum Gasteiger partial charge on any atom is -0.399 e. The Hall–Kier alpha value is -1.06.